The fourth-order valence-electron chi connectivity index (χ4n) is 1.36. The summed E-state index contributed by atoms with van der Waals surface area (Å²) in [6.45, 7) is 5.67. The molecule has 0 fully saturated rings. The van der Waals surface area contributed by atoms with Crippen molar-refractivity contribution in [3.8, 4) is 0 Å². The number of hydrogen-bond acceptors (Lipinski definition) is 3. The van der Waals surface area contributed by atoms with Crippen molar-refractivity contribution in [2.24, 2.45) is 0 Å². The van der Waals surface area contributed by atoms with E-state index in [1.807, 2.05) is 20.8 Å². The van der Waals surface area contributed by atoms with Crippen LogP contribution >= 0.6 is 0 Å². The second-order valence-corrected chi connectivity index (χ2v) is 4.87. The first kappa shape index (κ1) is 14.0. The molecule has 18 heavy (non-hydrogen) atoms. The molecule has 0 aliphatic carbocycles. The van der Waals surface area contributed by atoms with Gasteiger partial charge in [-0.2, -0.15) is 0 Å². The van der Waals surface area contributed by atoms with Crippen molar-refractivity contribution < 1.29 is 14.3 Å². The highest BCUT2D eigenvalue weighted by Crippen LogP contribution is 2.16. The largest absolute Gasteiger partial charge is 0.453 e. The number of amides is 2. The topological polar surface area (TPSA) is 67.4 Å². The summed E-state index contributed by atoms with van der Waals surface area (Å²) in [5.41, 5.74) is 0.485. The smallest absolute Gasteiger partial charge is 0.411 e. The Morgan fingerprint density at radius 2 is 1.78 bits per heavy atom. The molecule has 1 aromatic rings. The number of benzene rings is 1. The van der Waals surface area contributed by atoms with Crippen LogP contribution in [0.4, 0.5) is 10.5 Å². The number of para-hydroxylation sites is 1. The first-order valence-corrected chi connectivity index (χ1v) is 5.60. The molecule has 0 aliphatic heterocycles. The number of carbonyl (C=O) groups is 2. The zero-order chi connectivity index (χ0) is 13.8. The highest BCUT2D eigenvalue weighted by molar-refractivity contribution is 6.02. The van der Waals surface area contributed by atoms with E-state index >= 15 is 0 Å². The minimum absolute atomic E-state index is 0.241. The molecule has 1 aromatic carbocycles. The monoisotopic (exact) mass is 250 g/mol. The summed E-state index contributed by atoms with van der Waals surface area (Å²) < 4.78 is 4.51. The zero-order valence-electron chi connectivity index (χ0n) is 11.0. The first-order valence-electron chi connectivity index (χ1n) is 5.60. The Labute approximate surface area is 107 Å². The van der Waals surface area contributed by atoms with E-state index in [0.717, 1.165) is 0 Å². The number of ether oxygens (including phenoxy) is 1. The summed E-state index contributed by atoms with van der Waals surface area (Å²) in [7, 11) is 1.27. The first-order chi connectivity index (χ1) is 8.33. The van der Waals surface area contributed by atoms with Crippen molar-refractivity contribution >= 4 is 17.7 Å². The molecule has 0 bridgehead atoms. The van der Waals surface area contributed by atoms with Gasteiger partial charge >= 0.3 is 6.09 Å². The Morgan fingerprint density at radius 3 is 2.33 bits per heavy atom. The van der Waals surface area contributed by atoms with Gasteiger partial charge in [-0.15, -0.1) is 0 Å². The average Bonchev–Trinajstić information content (AvgIpc) is 2.27. The number of carbonyl (C=O) groups excluding carboxylic acids is 2. The van der Waals surface area contributed by atoms with Crippen LogP contribution in [0.15, 0.2) is 24.3 Å². The molecule has 0 aromatic heterocycles. The van der Waals surface area contributed by atoms with Gasteiger partial charge in [-0.25, -0.2) is 4.79 Å². The van der Waals surface area contributed by atoms with Gasteiger partial charge in [-0.05, 0) is 32.9 Å². The van der Waals surface area contributed by atoms with Crippen LogP contribution in [0.25, 0.3) is 0 Å². The minimum Gasteiger partial charge on any atom is -0.453 e. The second kappa shape index (κ2) is 5.53. The summed E-state index contributed by atoms with van der Waals surface area (Å²) >= 11 is 0. The Kier molecular flexibility index (Phi) is 4.31. The van der Waals surface area contributed by atoms with Crippen LogP contribution in [-0.2, 0) is 4.74 Å². The molecule has 1 rings (SSSR count). The third-order valence-corrected chi connectivity index (χ3v) is 2.08. The van der Waals surface area contributed by atoms with Crippen LogP contribution in [0.5, 0.6) is 0 Å². The molecule has 2 amide bonds. The van der Waals surface area contributed by atoms with Gasteiger partial charge in [0, 0.05) is 5.54 Å². The lowest BCUT2D eigenvalue weighted by Crippen LogP contribution is -2.40. The van der Waals surface area contributed by atoms with E-state index in [0.29, 0.717) is 11.3 Å². The normalized spacial score (nSPS) is 10.7. The van der Waals surface area contributed by atoms with E-state index in [9.17, 15) is 9.59 Å². The number of methoxy groups -OCH3 is 1. The van der Waals surface area contributed by atoms with Gasteiger partial charge in [0.15, 0.2) is 0 Å². The predicted molar refractivity (Wildman–Crippen MR) is 69.7 cm³/mol. The molecule has 0 saturated carbocycles. The maximum atomic E-state index is 12.0. The molecule has 0 heterocycles. The summed E-state index contributed by atoms with van der Waals surface area (Å²) in [4.78, 5) is 23.2. The zero-order valence-corrected chi connectivity index (χ0v) is 11.0. The number of hydrogen-bond donors (Lipinski definition) is 2. The van der Waals surface area contributed by atoms with Crippen LogP contribution in [-0.4, -0.2) is 24.6 Å². The molecular formula is C13H18N2O3. The number of rotatable bonds is 2. The maximum absolute atomic E-state index is 12.0. The standard InChI is InChI=1S/C13H18N2O3/c1-13(2,3)15-11(16)9-7-5-6-8-10(9)14-12(17)18-4/h5-8H,1-4H3,(H,14,17)(H,15,16). The SMILES string of the molecule is COC(=O)Nc1ccccc1C(=O)NC(C)(C)C. The van der Waals surface area contributed by atoms with Gasteiger partial charge in [-0.1, -0.05) is 12.1 Å². The average molecular weight is 250 g/mol. The summed E-state index contributed by atoms with van der Waals surface area (Å²) in [6.07, 6.45) is -0.606. The second-order valence-electron chi connectivity index (χ2n) is 4.87. The number of anilines is 1. The van der Waals surface area contributed by atoms with E-state index in [4.69, 9.17) is 0 Å². The summed E-state index contributed by atoms with van der Waals surface area (Å²) in [5.74, 6) is -0.241. The third kappa shape index (κ3) is 4.08. The van der Waals surface area contributed by atoms with Crippen molar-refractivity contribution in [2.45, 2.75) is 26.3 Å². The van der Waals surface area contributed by atoms with Gasteiger partial charge in [0.05, 0.1) is 18.4 Å². The molecule has 0 radical (unpaired) electrons. The highest BCUT2D eigenvalue weighted by atomic mass is 16.5. The van der Waals surface area contributed by atoms with Crippen molar-refractivity contribution in [1.82, 2.24) is 5.32 Å². The molecule has 2 N–H and O–H groups in total. The van der Waals surface area contributed by atoms with Crippen LogP contribution in [0, 0.1) is 0 Å². The molecule has 0 atom stereocenters. The molecule has 0 aliphatic rings. The van der Waals surface area contributed by atoms with E-state index in [2.05, 4.69) is 15.4 Å². The molecule has 0 saturated heterocycles. The van der Waals surface area contributed by atoms with Crippen LogP contribution in [0.2, 0.25) is 0 Å². The van der Waals surface area contributed by atoms with Crippen molar-refractivity contribution in [2.75, 3.05) is 12.4 Å². The highest BCUT2D eigenvalue weighted by Gasteiger charge is 2.18. The molecule has 5 nitrogen and oxygen atoms in total. The Bertz CT molecular complexity index is 450. The lowest BCUT2D eigenvalue weighted by Gasteiger charge is -2.21. The molecule has 5 heteroatoms. The lowest BCUT2D eigenvalue weighted by atomic mass is 10.1. The van der Waals surface area contributed by atoms with E-state index in [1.165, 1.54) is 7.11 Å². The molecule has 0 spiro atoms. The van der Waals surface area contributed by atoms with Crippen molar-refractivity contribution in [3.05, 3.63) is 29.8 Å². The van der Waals surface area contributed by atoms with E-state index in [-0.39, 0.29) is 11.4 Å². The fourth-order valence-corrected chi connectivity index (χ4v) is 1.36. The summed E-state index contributed by atoms with van der Waals surface area (Å²) in [6, 6.07) is 6.76. The van der Waals surface area contributed by atoms with Crippen LogP contribution < -0.4 is 10.6 Å². The van der Waals surface area contributed by atoms with Gasteiger partial charge < -0.3 is 10.1 Å². The van der Waals surface area contributed by atoms with Gasteiger partial charge in [0.2, 0.25) is 0 Å². The lowest BCUT2D eigenvalue weighted by molar-refractivity contribution is 0.0920. The fraction of sp³-hybridized carbons (Fsp3) is 0.385. The Hall–Kier alpha value is -2.04. The minimum atomic E-state index is -0.606. The van der Waals surface area contributed by atoms with Crippen molar-refractivity contribution in [3.63, 3.8) is 0 Å². The predicted octanol–water partition coefficient (Wildman–Crippen LogP) is 2.39. The maximum Gasteiger partial charge on any atom is 0.411 e. The third-order valence-electron chi connectivity index (χ3n) is 2.08. The van der Waals surface area contributed by atoms with E-state index in [1.54, 1.807) is 24.3 Å². The Balaban J connectivity index is 2.94. The van der Waals surface area contributed by atoms with Crippen LogP contribution in [0.3, 0.4) is 0 Å². The molecule has 0 unspecified atom stereocenters. The quantitative estimate of drug-likeness (QED) is 0.846. The van der Waals surface area contributed by atoms with Gasteiger partial charge in [-0.3, -0.25) is 10.1 Å². The van der Waals surface area contributed by atoms with Gasteiger partial charge in [0.25, 0.3) is 5.91 Å². The van der Waals surface area contributed by atoms with Crippen LogP contribution in [0.1, 0.15) is 31.1 Å². The van der Waals surface area contributed by atoms with Crippen molar-refractivity contribution in [1.29, 1.82) is 0 Å². The molecular weight excluding hydrogens is 232 g/mol. The number of nitrogens with one attached hydrogen (secondary N) is 2. The van der Waals surface area contributed by atoms with Gasteiger partial charge in [0.1, 0.15) is 0 Å². The summed E-state index contributed by atoms with van der Waals surface area (Å²) in [5, 5.41) is 5.34. The molecule has 98 valence electrons. The Morgan fingerprint density at radius 1 is 1.17 bits per heavy atom. The van der Waals surface area contributed by atoms with E-state index < -0.39 is 6.09 Å².